The molecule has 1 saturated heterocycles. The summed E-state index contributed by atoms with van der Waals surface area (Å²) in [5.41, 5.74) is 0.936. The largest absolute Gasteiger partial charge is 0.466 e. The number of hydrazine groups is 1. The minimum atomic E-state index is -0.281. The van der Waals surface area contributed by atoms with E-state index in [1.54, 1.807) is 24.1 Å². The van der Waals surface area contributed by atoms with Gasteiger partial charge >= 0.3 is 5.97 Å². The Balaban J connectivity index is 2.01. The molecule has 2 rings (SSSR count). The monoisotopic (exact) mass is 336 g/mol. The Morgan fingerprint density at radius 2 is 1.92 bits per heavy atom. The van der Waals surface area contributed by atoms with E-state index >= 15 is 0 Å². The molecule has 132 valence electrons. The Morgan fingerprint density at radius 3 is 2.54 bits per heavy atom. The topological polar surface area (TPSA) is 49.9 Å². The summed E-state index contributed by atoms with van der Waals surface area (Å²) < 4.78 is 18.0. The first-order chi connectivity index (χ1) is 11.6. The standard InChI is InChI=1S/C18H25FN2O3/c1-3-20-13-12-16(14-8-10-15(19)11-9-14)21(20)17(22)6-5-7-18(23)24-4-2/h8-11,16H,3-7,12-13H2,1-2H3. The van der Waals surface area contributed by atoms with Gasteiger partial charge in [-0.15, -0.1) is 0 Å². The lowest BCUT2D eigenvalue weighted by atomic mass is 10.0. The lowest BCUT2D eigenvalue weighted by molar-refractivity contribution is -0.148. The van der Waals surface area contributed by atoms with Crippen molar-refractivity contribution in [3.05, 3.63) is 35.6 Å². The molecule has 1 fully saturated rings. The van der Waals surface area contributed by atoms with Gasteiger partial charge in [0.25, 0.3) is 0 Å². The number of carbonyl (C=O) groups excluding carboxylic acids is 2. The van der Waals surface area contributed by atoms with E-state index in [2.05, 4.69) is 0 Å². The molecule has 1 unspecified atom stereocenters. The van der Waals surface area contributed by atoms with Crippen LogP contribution in [0.2, 0.25) is 0 Å². The lowest BCUT2D eigenvalue weighted by Gasteiger charge is -2.32. The Labute approximate surface area is 142 Å². The summed E-state index contributed by atoms with van der Waals surface area (Å²) in [5.74, 6) is -0.557. The van der Waals surface area contributed by atoms with Crippen molar-refractivity contribution in [1.29, 1.82) is 0 Å². The van der Waals surface area contributed by atoms with Crippen molar-refractivity contribution >= 4 is 11.9 Å². The van der Waals surface area contributed by atoms with Crippen LogP contribution in [-0.4, -0.2) is 41.6 Å². The molecule has 1 aliphatic heterocycles. The van der Waals surface area contributed by atoms with E-state index in [0.29, 0.717) is 19.4 Å². The SMILES string of the molecule is CCOC(=O)CCCC(=O)N1C(c2ccc(F)cc2)CCN1CC. The number of hydrogen-bond donors (Lipinski definition) is 0. The summed E-state index contributed by atoms with van der Waals surface area (Å²) in [5, 5.41) is 3.79. The second-order valence-electron chi connectivity index (χ2n) is 5.80. The third-order valence-electron chi connectivity index (χ3n) is 4.21. The number of halogens is 1. The molecule has 1 heterocycles. The zero-order valence-electron chi connectivity index (χ0n) is 14.3. The number of rotatable bonds is 7. The first-order valence-corrected chi connectivity index (χ1v) is 8.54. The van der Waals surface area contributed by atoms with Crippen LogP contribution < -0.4 is 0 Å². The van der Waals surface area contributed by atoms with Crippen molar-refractivity contribution in [2.75, 3.05) is 19.7 Å². The van der Waals surface area contributed by atoms with Crippen LogP contribution >= 0.6 is 0 Å². The molecule has 1 amide bonds. The van der Waals surface area contributed by atoms with Gasteiger partial charge in [-0.2, -0.15) is 0 Å². The van der Waals surface area contributed by atoms with Gasteiger partial charge in [0.2, 0.25) is 5.91 Å². The number of hydrogen-bond acceptors (Lipinski definition) is 4. The zero-order chi connectivity index (χ0) is 17.5. The van der Waals surface area contributed by atoms with E-state index in [4.69, 9.17) is 4.74 Å². The van der Waals surface area contributed by atoms with Crippen molar-refractivity contribution < 1.29 is 18.7 Å². The van der Waals surface area contributed by atoms with Crippen molar-refractivity contribution in [3.63, 3.8) is 0 Å². The lowest BCUT2D eigenvalue weighted by Crippen LogP contribution is -2.42. The van der Waals surface area contributed by atoms with Gasteiger partial charge in [-0.1, -0.05) is 19.1 Å². The normalized spacial score (nSPS) is 18.0. The number of carbonyl (C=O) groups is 2. The number of amides is 1. The van der Waals surface area contributed by atoms with E-state index in [1.807, 2.05) is 11.9 Å². The highest BCUT2D eigenvalue weighted by atomic mass is 19.1. The van der Waals surface area contributed by atoms with Gasteiger partial charge < -0.3 is 4.74 Å². The maximum absolute atomic E-state index is 13.1. The van der Waals surface area contributed by atoms with Gasteiger partial charge in [0.1, 0.15) is 5.82 Å². The molecular weight excluding hydrogens is 311 g/mol. The molecule has 1 aromatic rings. The van der Waals surface area contributed by atoms with E-state index in [1.165, 1.54) is 12.1 Å². The van der Waals surface area contributed by atoms with Crippen molar-refractivity contribution in [1.82, 2.24) is 10.0 Å². The Kier molecular flexibility index (Phi) is 6.73. The zero-order valence-corrected chi connectivity index (χ0v) is 14.3. The Bertz CT molecular complexity index is 562. The minimum absolute atomic E-state index is 0.00651. The van der Waals surface area contributed by atoms with Crippen molar-refractivity contribution in [3.8, 4) is 0 Å². The summed E-state index contributed by atoms with van der Waals surface area (Å²) in [7, 11) is 0. The predicted octanol–water partition coefficient (Wildman–Crippen LogP) is 3.07. The van der Waals surface area contributed by atoms with Gasteiger partial charge in [-0.25, -0.2) is 9.40 Å². The molecular formula is C18H25FN2O3. The number of nitrogens with zero attached hydrogens (tertiary/aromatic N) is 2. The fourth-order valence-corrected chi connectivity index (χ4v) is 3.06. The smallest absolute Gasteiger partial charge is 0.305 e. The summed E-state index contributed by atoms with van der Waals surface area (Å²) >= 11 is 0. The average Bonchev–Trinajstić information content (AvgIpc) is 2.99. The highest BCUT2D eigenvalue weighted by Gasteiger charge is 2.35. The molecule has 0 spiro atoms. The van der Waals surface area contributed by atoms with Crippen LogP contribution in [0.5, 0.6) is 0 Å². The Morgan fingerprint density at radius 1 is 1.21 bits per heavy atom. The molecule has 0 aromatic heterocycles. The molecule has 0 bridgehead atoms. The third-order valence-corrected chi connectivity index (χ3v) is 4.21. The fourth-order valence-electron chi connectivity index (χ4n) is 3.06. The maximum atomic E-state index is 13.1. The summed E-state index contributed by atoms with van der Waals surface area (Å²) in [6, 6.07) is 6.25. The molecule has 1 aliphatic rings. The quantitative estimate of drug-likeness (QED) is 0.718. The Hall–Kier alpha value is -1.95. The minimum Gasteiger partial charge on any atom is -0.466 e. The van der Waals surface area contributed by atoms with Crippen molar-refractivity contribution in [2.45, 2.75) is 45.6 Å². The van der Waals surface area contributed by atoms with Crippen LogP contribution in [0.1, 0.15) is 51.1 Å². The summed E-state index contributed by atoms with van der Waals surface area (Å²) in [4.78, 5) is 24.1. The molecule has 6 heteroatoms. The fraction of sp³-hybridized carbons (Fsp3) is 0.556. The number of ether oxygens (including phenoxy) is 1. The highest BCUT2D eigenvalue weighted by molar-refractivity contribution is 5.77. The van der Waals surface area contributed by atoms with Crippen LogP contribution in [-0.2, 0) is 14.3 Å². The molecule has 1 aromatic carbocycles. The summed E-state index contributed by atoms with van der Waals surface area (Å²) in [6.07, 6.45) is 1.85. The van der Waals surface area contributed by atoms with Crippen LogP contribution in [0.4, 0.5) is 4.39 Å². The molecule has 0 N–H and O–H groups in total. The number of esters is 1. The number of benzene rings is 1. The molecule has 24 heavy (non-hydrogen) atoms. The molecule has 1 atom stereocenters. The van der Waals surface area contributed by atoms with Crippen molar-refractivity contribution in [2.24, 2.45) is 0 Å². The van der Waals surface area contributed by atoms with Crippen LogP contribution in [0.3, 0.4) is 0 Å². The van der Waals surface area contributed by atoms with E-state index in [0.717, 1.165) is 25.1 Å². The third kappa shape index (κ3) is 4.54. The average molecular weight is 336 g/mol. The molecule has 0 radical (unpaired) electrons. The van der Waals surface area contributed by atoms with Gasteiger partial charge in [0.15, 0.2) is 0 Å². The van der Waals surface area contributed by atoms with E-state index < -0.39 is 0 Å². The van der Waals surface area contributed by atoms with Crippen LogP contribution in [0.15, 0.2) is 24.3 Å². The summed E-state index contributed by atoms with van der Waals surface area (Å²) in [6.45, 7) is 5.66. The molecule has 0 aliphatic carbocycles. The van der Waals surface area contributed by atoms with Crippen LogP contribution in [0, 0.1) is 5.82 Å². The second kappa shape index (κ2) is 8.78. The van der Waals surface area contributed by atoms with Gasteiger partial charge in [-0.05, 0) is 37.5 Å². The first-order valence-electron chi connectivity index (χ1n) is 8.54. The second-order valence-corrected chi connectivity index (χ2v) is 5.80. The van der Waals surface area contributed by atoms with E-state index in [-0.39, 0.29) is 30.2 Å². The van der Waals surface area contributed by atoms with Crippen LogP contribution in [0.25, 0.3) is 0 Å². The van der Waals surface area contributed by atoms with Gasteiger partial charge in [-0.3, -0.25) is 14.6 Å². The van der Waals surface area contributed by atoms with Gasteiger partial charge in [0.05, 0.1) is 12.6 Å². The molecule has 5 nitrogen and oxygen atoms in total. The first kappa shape index (κ1) is 18.4. The predicted molar refractivity (Wildman–Crippen MR) is 88.3 cm³/mol. The van der Waals surface area contributed by atoms with E-state index in [9.17, 15) is 14.0 Å². The maximum Gasteiger partial charge on any atom is 0.305 e. The van der Waals surface area contributed by atoms with Gasteiger partial charge in [0, 0.05) is 25.9 Å². The molecule has 0 saturated carbocycles. The highest BCUT2D eigenvalue weighted by Crippen LogP contribution is 2.33.